The Kier molecular flexibility index (Phi) is 3.59. The lowest BCUT2D eigenvalue weighted by Crippen LogP contribution is -2.09. The Bertz CT molecular complexity index is 634. The summed E-state index contributed by atoms with van der Waals surface area (Å²) in [5.74, 6) is -0.922. The number of nitrogens with one attached hydrogen (secondary N) is 1. The summed E-state index contributed by atoms with van der Waals surface area (Å²) in [6, 6.07) is 3.21. The lowest BCUT2D eigenvalue weighted by molar-refractivity contribution is -0.139. The van der Waals surface area contributed by atoms with Crippen LogP contribution in [0.1, 0.15) is 16.8 Å². The van der Waals surface area contributed by atoms with Gasteiger partial charge in [-0.15, -0.1) is 0 Å². The van der Waals surface area contributed by atoms with Crippen LogP contribution < -0.4 is 0 Å². The van der Waals surface area contributed by atoms with E-state index in [1.165, 1.54) is 13.3 Å². The van der Waals surface area contributed by atoms with Crippen molar-refractivity contribution in [3.63, 3.8) is 0 Å². The molecular formula is C12H9Cl2NO3. The summed E-state index contributed by atoms with van der Waals surface area (Å²) < 4.78 is 4.46. The van der Waals surface area contributed by atoms with E-state index < -0.39 is 5.97 Å². The highest BCUT2D eigenvalue weighted by Gasteiger charge is 2.17. The molecule has 0 aliphatic rings. The highest BCUT2D eigenvalue weighted by molar-refractivity contribution is 6.39. The molecule has 0 unspecified atom stereocenters. The minimum Gasteiger partial charge on any atom is -0.469 e. The van der Waals surface area contributed by atoms with E-state index in [9.17, 15) is 9.59 Å². The molecule has 1 heterocycles. The quantitative estimate of drug-likeness (QED) is 0.535. The van der Waals surface area contributed by atoms with Gasteiger partial charge < -0.3 is 9.72 Å². The monoisotopic (exact) mass is 285 g/mol. The van der Waals surface area contributed by atoms with E-state index in [1.54, 1.807) is 12.1 Å². The summed E-state index contributed by atoms with van der Waals surface area (Å²) in [6.45, 7) is 0. The van der Waals surface area contributed by atoms with E-state index in [0.29, 0.717) is 26.5 Å². The number of rotatable bonds is 3. The zero-order chi connectivity index (χ0) is 13.3. The first-order valence-electron chi connectivity index (χ1n) is 5.09. The number of esters is 1. The Morgan fingerprint density at radius 3 is 2.72 bits per heavy atom. The van der Waals surface area contributed by atoms with Crippen molar-refractivity contribution in [3.05, 3.63) is 33.9 Å². The van der Waals surface area contributed by atoms with Crippen molar-refractivity contribution in [2.45, 2.75) is 6.42 Å². The molecule has 0 spiro atoms. The Morgan fingerprint density at radius 1 is 1.33 bits per heavy atom. The van der Waals surface area contributed by atoms with Crippen LogP contribution in [0.4, 0.5) is 0 Å². The fourth-order valence-corrected chi connectivity index (χ4v) is 2.23. The fraction of sp³-hybridized carbons (Fsp3) is 0.167. The van der Waals surface area contributed by atoms with Gasteiger partial charge in [0.25, 0.3) is 0 Å². The number of aromatic amines is 1. The number of carbonyl (C=O) groups excluding carboxylic acids is 2. The van der Waals surface area contributed by atoms with E-state index in [-0.39, 0.29) is 12.2 Å². The van der Waals surface area contributed by atoms with Crippen molar-refractivity contribution in [3.8, 4) is 0 Å². The van der Waals surface area contributed by atoms with E-state index in [1.807, 2.05) is 0 Å². The van der Waals surface area contributed by atoms with Crippen molar-refractivity contribution in [1.29, 1.82) is 0 Å². The van der Waals surface area contributed by atoms with E-state index in [0.717, 1.165) is 0 Å². The van der Waals surface area contributed by atoms with Gasteiger partial charge in [-0.1, -0.05) is 23.2 Å². The van der Waals surface area contributed by atoms with E-state index in [4.69, 9.17) is 23.2 Å². The van der Waals surface area contributed by atoms with Gasteiger partial charge in [-0.2, -0.15) is 0 Å². The average molecular weight is 286 g/mol. The number of Topliss-reactive ketones (excluding diaryl/α,β-unsaturated/α-hetero) is 1. The summed E-state index contributed by atoms with van der Waals surface area (Å²) >= 11 is 11.9. The average Bonchev–Trinajstić information content (AvgIpc) is 2.72. The number of ether oxygens (including phenoxy) is 1. The Labute approximate surface area is 113 Å². The second-order valence-electron chi connectivity index (χ2n) is 3.69. The van der Waals surface area contributed by atoms with Gasteiger partial charge in [0.15, 0.2) is 5.78 Å². The summed E-state index contributed by atoms with van der Waals surface area (Å²) in [5.41, 5.74) is 0.995. The summed E-state index contributed by atoms with van der Waals surface area (Å²) in [5, 5.41) is 1.45. The molecule has 0 amide bonds. The first kappa shape index (κ1) is 12.9. The molecule has 1 aromatic heterocycles. The van der Waals surface area contributed by atoms with Gasteiger partial charge in [0, 0.05) is 22.2 Å². The number of methoxy groups -OCH3 is 1. The second kappa shape index (κ2) is 5.00. The molecule has 1 N–H and O–H groups in total. The van der Waals surface area contributed by atoms with Gasteiger partial charge in [0.2, 0.25) is 0 Å². The van der Waals surface area contributed by atoms with Crippen molar-refractivity contribution in [2.75, 3.05) is 7.11 Å². The SMILES string of the molecule is COC(=O)CC(=O)c1c[nH]c2c(Cl)cc(Cl)cc12. The van der Waals surface area contributed by atoms with E-state index >= 15 is 0 Å². The molecule has 0 fully saturated rings. The molecule has 0 aliphatic carbocycles. The minimum absolute atomic E-state index is 0.312. The fourth-order valence-electron chi connectivity index (χ4n) is 1.68. The standard InChI is InChI=1S/C12H9Cl2NO3/c1-18-11(17)4-10(16)8-5-15-12-7(8)2-6(13)3-9(12)14/h2-3,5,15H,4H2,1H3. The highest BCUT2D eigenvalue weighted by atomic mass is 35.5. The zero-order valence-corrected chi connectivity index (χ0v) is 10.9. The molecule has 1 aromatic carbocycles. The first-order valence-corrected chi connectivity index (χ1v) is 5.84. The molecule has 0 saturated heterocycles. The van der Waals surface area contributed by atoms with Gasteiger partial charge in [-0.25, -0.2) is 0 Å². The third-order valence-corrected chi connectivity index (χ3v) is 3.06. The van der Waals surface area contributed by atoms with Crippen LogP contribution in [0.25, 0.3) is 10.9 Å². The number of halogens is 2. The second-order valence-corrected chi connectivity index (χ2v) is 4.53. The molecule has 0 atom stereocenters. The maximum absolute atomic E-state index is 11.9. The van der Waals surface area contributed by atoms with Crippen LogP contribution in [0.5, 0.6) is 0 Å². The van der Waals surface area contributed by atoms with Gasteiger partial charge in [0.05, 0.1) is 17.6 Å². The normalized spacial score (nSPS) is 10.6. The van der Waals surface area contributed by atoms with Gasteiger partial charge >= 0.3 is 5.97 Å². The number of aromatic nitrogens is 1. The molecule has 2 rings (SSSR count). The van der Waals surface area contributed by atoms with Crippen LogP contribution in [-0.2, 0) is 9.53 Å². The van der Waals surface area contributed by atoms with Crippen LogP contribution in [0.15, 0.2) is 18.3 Å². The Morgan fingerprint density at radius 2 is 2.06 bits per heavy atom. The molecule has 0 bridgehead atoms. The number of hydrogen-bond donors (Lipinski definition) is 1. The van der Waals surface area contributed by atoms with Crippen LogP contribution in [0.3, 0.4) is 0 Å². The number of carbonyl (C=O) groups is 2. The van der Waals surface area contributed by atoms with E-state index in [2.05, 4.69) is 9.72 Å². The summed E-state index contributed by atoms with van der Waals surface area (Å²) in [6.07, 6.45) is 1.20. The molecule has 0 saturated carbocycles. The van der Waals surface area contributed by atoms with Crippen LogP contribution in [-0.4, -0.2) is 23.8 Å². The van der Waals surface area contributed by atoms with Crippen LogP contribution >= 0.6 is 23.2 Å². The molecule has 0 aliphatic heterocycles. The lowest BCUT2D eigenvalue weighted by atomic mass is 10.1. The first-order chi connectivity index (χ1) is 8.52. The molecule has 2 aromatic rings. The molecule has 0 radical (unpaired) electrons. The molecular weight excluding hydrogens is 277 g/mol. The number of benzene rings is 1. The van der Waals surface area contributed by atoms with Crippen molar-refractivity contribution in [1.82, 2.24) is 4.98 Å². The van der Waals surface area contributed by atoms with Crippen LogP contribution in [0.2, 0.25) is 10.0 Å². The maximum Gasteiger partial charge on any atom is 0.313 e. The van der Waals surface area contributed by atoms with Crippen molar-refractivity contribution >= 4 is 45.9 Å². The van der Waals surface area contributed by atoms with Crippen molar-refractivity contribution < 1.29 is 14.3 Å². The number of ketones is 1. The Hall–Kier alpha value is -1.52. The zero-order valence-electron chi connectivity index (χ0n) is 9.42. The summed E-state index contributed by atoms with van der Waals surface area (Å²) in [4.78, 5) is 25.9. The molecule has 18 heavy (non-hydrogen) atoms. The summed E-state index contributed by atoms with van der Waals surface area (Å²) in [7, 11) is 1.23. The number of hydrogen-bond acceptors (Lipinski definition) is 3. The molecule has 6 heteroatoms. The topological polar surface area (TPSA) is 59.2 Å². The lowest BCUT2D eigenvalue weighted by Gasteiger charge is -2.00. The smallest absolute Gasteiger partial charge is 0.313 e. The predicted octanol–water partition coefficient (Wildman–Crippen LogP) is 3.22. The molecule has 94 valence electrons. The third-order valence-electron chi connectivity index (χ3n) is 2.54. The van der Waals surface area contributed by atoms with Gasteiger partial charge in [-0.05, 0) is 12.1 Å². The minimum atomic E-state index is -0.581. The highest BCUT2D eigenvalue weighted by Crippen LogP contribution is 2.30. The largest absolute Gasteiger partial charge is 0.469 e. The number of H-pyrrole nitrogens is 1. The van der Waals surface area contributed by atoms with Crippen LogP contribution in [0, 0.1) is 0 Å². The maximum atomic E-state index is 11.9. The number of fused-ring (bicyclic) bond motifs is 1. The third kappa shape index (κ3) is 2.35. The molecule has 4 nitrogen and oxygen atoms in total. The predicted molar refractivity (Wildman–Crippen MR) is 69.3 cm³/mol. The van der Waals surface area contributed by atoms with Gasteiger partial charge in [0.1, 0.15) is 6.42 Å². The Balaban J connectivity index is 2.46. The van der Waals surface area contributed by atoms with Gasteiger partial charge in [-0.3, -0.25) is 9.59 Å². The van der Waals surface area contributed by atoms with Crippen molar-refractivity contribution in [2.24, 2.45) is 0 Å².